The Morgan fingerprint density at radius 1 is 1.27 bits per heavy atom. The molecule has 0 aromatic heterocycles. The highest BCUT2D eigenvalue weighted by molar-refractivity contribution is 5.16. The average Bonchev–Trinajstić information content (AvgIpc) is 2.39. The quantitative estimate of drug-likeness (QED) is 0.446. The molecule has 0 unspecified atom stereocenters. The Hall–Kier alpha value is -0.720. The van der Waals surface area contributed by atoms with Gasteiger partial charge in [-0.3, -0.25) is 0 Å². The molecule has 0 aromatic rings. The van der Waals surface area contributed by atoms with E-state index in [4.69, 9.17) is 4.74 Å². The first-order valence-corrected chi connectivity index (χ1v) is 4.21. The molecule has 0 N–H and O–H groups in total. The minimum Gasteiger partial charge on any atom is -0.491 e. The molecule has 1 saturated carbocycles. The first-order chi connectivity index (χ1) is 5.20. The van der Waals surface area contributed by atoms with Crippen LogP contribution in [0.25, 0.3) is 0 Å². The van der Waals surface area contributed by atoms with Gasteiger partial charge in [0.05, 0.1) is 6.10 Å². The van der Waals surface area contributed by atoms with E-state index in [1.807, 2.05) is 6.92 Å². The third kappa shape index (κ3) is 2.41. The summed E-state index contributed by atoms with van der Waals surface area (Å²) in [7, 11) is 0. The molecule has 1 heteroatoms. The summed E-state index contributed by atoms with van der Waals surface area (Å²) in [5.41, 5.74) is 0.942. The van der Waals surface area contributed by atoms with Gasteiger partial charge in [-0.15, -0.1) is 0 Å². The van der Waals surface area contributed by atoms with E-state index in [2.05, 4.69) is 13.2 Å². The van der Waals surface area contributed by atoms with Crippen LogP contribution in [-0.4, -0.2) is 6.10 Å². The van der Waals surface area contributed by atoms with Gasteiger partial charge >= 0.3 is 0 Å². The van der Waals surface area contributed by atoms with E-state index in [1.165, 1.54) is 25.7 Å². The molecule has 0 bridgehead atoms. The highest BCUT2D eigenvalue weighted by atomic mass is 16.5. The zero-order chi connectivity index (χ0) is 8.27. The third-order valence-electron chi connectivity index (χ3n) is 2.09. The monoisotopic (exact) mass is 152 g/mol. The Labute approximate surface area is 68.8 Å². The summed E-state index contributed by atoms with van der Waals surface area (Å²) >= 11 is 0. The van der Waals surface area contributed by atoms with Crippen molar-refractivity contribution in [3.8, 4) is 0 Å². The molecule has 1 fully saturated rings. The van der Waals surface area contributed by atoms with Crippen LogP contribution in [0, 0.1) is 0 Å². The Kier molecular flexibility index (Phi) is 2.75. The van der Waals surface area contributed by atoms with Gasteiger partial charge in [-0.1, -0.05) is 13.2 Å². The predicted molar refractivity (Wildman–Crippen MR) is 47.3 cm³/mol. The summed E-state index contributed by atoms with van der Waals surface area (Å²) in [6.07, 6.45) is 5.39. The largest absolute Gasteiger partial charge is 0.491 e. The van der Waals surface area contributed by atoms with E-state index in [9.17, 15) is 0 Å². The first-order valence-electron chi connectivity index (χ1n) is 4.21. The van der Waals surface area contributed by atoms with Crippen molar-refractivity contribution in [1.29, 1.82) is 0 Å². The Bertz CT molecular complexity index is 164. The molecule has 1 aliphatic rings. The van der Waals surface area contributed by atoms with Crippen LogP contribution in [0.2, 0.25) is 0 Å². The molecule has 0 atom stereocenters. The van der Waals surface area contributed by atoms with E-state index in [0.29, 0.717) is 6.10 Å². The summed E-state index contributed by atoms with van der Waals surface area (Å²) in [6, 6.07) is 0. The number of ether oxygens (including phenoxy) is 1. The highest BCUT2D eigenvalue weighted by Crippen LogP contribution is 2.24. The maximum absolute atomic E-state index is 5.58. The molecule has 0 spiro atoms. The van der Waals surface area contributed by atoms with E-state index in [0.717, 1.165) is 11.3 Å². The van der Waals surface area contributed by atoms with Crippen LogP contribution in [0.15, 0.2) is 24.5 Å². The van der Waals surface area contributed by atoms with E-state index < -0.39 is 0 Å². The molecule has 1 rings (SSSR count). The second kappa shape index (κ2) is 3.61. The Morgan fingerprint density at radius 2 is 1.82 bits per heavy atom. The normalized spacial score (nSPS) is 18.3. The topological polar surface area (TPSA) is 9.23 Å². The fraction of sp³-hybridized carbons (Fsp3) is 0.600. The van der Waals surface area contributed by atoms with Gasteiger partial charge in [0.1, 0.15) is 5.76 Å². The molecule has 11 heavy (non-hydrogen) atoms. The van der Waals surface area contributed by atoms with Crippen LogP contribution in [0.4, 0.5) is 0 Å². The molecule has 1 nitrogen and oxygen atoms in total. The fourth-order valence-electron chi connectivity index (χ4n) is 1.31. The molecule has 62 valence electrons. The van der Waals surface area contributed by atoms with Gasteiger partial charge in [0.2, 0.25) is 0 Å². The van der Waals surface area contributed by atoms with Crippen molar-refractivity contribution in [2.24, 2.45) is 0 Å². The molecule has 0 amide bonds. The SMILES string of the molecule is C=C(C)C(=C)OC1CCCC1. The molecular formula is C10H16O. The zero-order valence-corrected chi connectivity index (χ0v) is 7.23. The van der Waals surface area contributed by atoms with Gasteiger partial charge in [0, 0.05) is 0 Å². The Balaban J connectivity index is 2.29. The van der Waals surface area contributed by atoms with Crippen molar-refractivity contribution < 1.29 is 4.74 Å². The van der Waals surface area contributed by atoms with Crippen LogP contribution in [0.5, 0.6) is 0 Å². The highest BCUT2D eigenvalue weighted by Gasteiger charge is 2.16. The summed E-state index contributed by atoms with van der Waals surface area (Å²) in [5, 5.41) is 0. The number of hydrogen-bond acceptors (Lipinski definition) is 1. The van der Waals surface area contributed by atoms with Crippen LogP contribution < -0.4 is 0 Å². The van der Waals surface area contributed by atoms with Crippen LogP contribution >= 0.6 is 0 Å². The third-order valence-corrected chi connectivity index (χ3v) is 2.09. The maximum atomic E-state index is 5.58. The van der Waals surface area contributed by atoms with Crippen LogP contribution in [-0.2, 0) is 4.74 Å². The van der Waals surface area contributed by atoms with E-state index in [-0.39, 0.29) is 0 Å². The van der Waals surface area contributed by atoms with Crippen molar-refractivity contribution in [2.75, 3.05) is 0 Å². The van der Waals surface area contributed by atoms with E-state index >= 15 is 0 Å². The minimum absolute atomic E-state index is 0.416. The molecule has 1 aliphatic carbocycles. The molecular weight excluding hydrogens is 136 g/mol. The lowest BCUT2D eigenvalue weighted by Gasteiger charge is -2.14. The van der Waals surface area contributed by atoms with Crippen molar-refractivity contribution in [1.82, 2.24) is 0 Å². The number of allylic oxidation sites excluding steroid dienone is 1. The van der Waals surface area contributed by atoms with Crippen molar-refractivity contribution in [3.63, 3.8) is 0 Å². The van der Waals surface area contributed by atoms with Crippen LogP contribution in [0.1, 0.15) is 32.6 Å². The Morgan fingerprint density at radius 3 is 2.27 bits per heavy atom. The molecule has 0 radical (unpaired) electrons. The van der Waals surface area contributed by atoms with Crippen molar-refractivity contribution >= 4 is 0 Å². The molecule has 0 saturated heterocycles. The summed E-state index contributed by atoms with van der Waals surface area (Å²) in [5.74, 6) is 0.761. The minimum atomic E-state index is 0.416. The lowest BCUT2D eigenvalue weighted by Crippen LogP contribution is -2.06. The first kappa shape index (κ1) is 8.38. The van der Waals surface area contributed by atoms with Crippen LogP contribution in [0.3, 0.4) is 0 Å². The summed E-state index contributed by atoms with van der Waals surface area (Å²) in [4.78, 5) is 0. The maximum Gasteiger partial charge on any atom is 0.114 e. The smallest absolute Gasteiger partial charge is 0.114 e. The van der Waals surface area contributed by atoms with E-state index in [1.54, 1.807) is 0 Å². The van der Waals surface area contributed by atoms with Crippen molar-refractivity contribution in [3.05, 3.63) is 24.5 Å². The molecule has 0 heterocycles. The molecule has 0 aliphatic heterocycles. The number of rotatable bonds is 3. The van der Waals surface area contributed by atoms with Gasteiger partial charge in [-0.2, -0.15) is 0 Å². The second-order valence-corrected chi connectivity index (χ2v) is 3.23. The summed E-state index contributed by atoms with van der Waals surface area (Å²) < 4.78 is 5.58. The molecule has 0 aromatic carbocycles. The van der Waals surface area contributed by atoms with Gasteiger partial charge in [0.15, 0.2) is 0 Å². The predicted octanol–water partition coefficient (Wildman–Crippen LogP) is 3.04. The van der Waals surface area contributed by atoms with Gasteiger partial charge in [-0.05, 0) is 38.2 Å². The van der Waals surface area contributed by atoms with Gasteiger partial charge in [-0.25, -0.2) is 0 Å². The van der Waals surface area contributed by atoms with Crippen molar-refractivity contribution in [2.45, 2.75) is 38.7 Å². The van der Waals surface area contributed by atoms with Gasteiger partial charge < -0.3 is 4.74 Å². The standard InChI is InChI=1S/C10H16O/c1-8(2)9(3)11-10-6-4-5-7-10/h10H,1,3-7H2,2H3. The lowest BCUT2D eigenvalue weighted by atomic mass is 10.3. The average molecular weight is 152 g/mol. The summed E-state index contributed by atoms with van der Waals surface area (Å²) in [6.45, 7) is 9.50. The van der Waals surface area contributed by atoms with Gasteiger partial charge in [0.25, 0.3) is 0 Å². The second-order valence-electron chi connectivity index (χ2n) is 3.23. The number of hydrogen-bond donors (Lipinski definition) is 0. The lowest BCUT2D eigenvalue weighted by molar-refractivity contribution is 0.129. The zero-order valence-electron chi connectivity index (χ0n) is 7.23. The fourth-order valence-corrected chi connectivity index (χ4v) is 1.31.